The van der Waals surface area contributed by atoms with Gasteiger partial charge in [-0.2, -0.15) is 26.3 Å². The fraction of sp³-hybridized carbons (Fsp3) is 0.696. The molecule has 1 aromatic heterocycles. The Balaban J connectivity index is 0.000000301. The molecule has 3 saturated heterocycles. The number of aliphatic carboxylic acids is 2. The Hall–Kier alpha value is -2.49. The SMILES string of the molecule is O=C(O)C(F)(F)F.O=C(O)C(F)(F)F.c1ccc(CN2CCOCC3(CC(CN4CCCC4)CO3)C2)nc1. The van der Waals surface area contributed by atoms with E-state index in [-0.39, 0.29) is 5.60 Å². The predicted octanol–water partition coefficient (Wildman–Crippen LogP) is 3.05. The van der Waals surface area contributed by atoms with Crippen molar-refractivity contribution in [1.82, 2.24) is 14.8 Å². The van der Waals surface area contributed by atoms with Crippen LogP contribution >= 0.6 is 0 Å². The topological polar surface area (TPSA) is 112 Å². The summed E-state index contributed by atoms with van der Waals surface area (Å²) in [7, 11) is 0. The van der Waals surface area contributed by atoms with E-state index in [0.717, 1.165) is 51.6 Å². The normalized spacial score (nSPS) is 24.6. The second-order valence-corrected chi connectivity index (χ2v) is 9.26. The summed E-state index contributed by atoms with van der Waals surface area (Å²) in [4.78, 5) is 27.3. The summed E-state index contributed by atoms with van der Waals surface area (Å²) in [5.74, 6) is -4.86. The monoisotopic (exact) mass is 559 g/mol. The van der Waals surface area contributed by atoms with Crippen LogP contribution in [0.2, 0.25) is 0 Å². The molecule has 4 heterocycles. The highest BCUT2D eigenvalue weighted by Gasteiger charge is 2.44. The molecule has 0 bridgehead atoms. The number of ether oxygens (including phenoxy) is 2. The summed E-state index contributed by atoms with van der Waals surface area (Å²) in [6.45, 7) is 8.94. The van der Waals surface area contributed by atoms with Gasteiger partial charge < -0.3 is 24.6 Å². The van der Waals surface area contributed by atoms with Crippen molar-refractivity contribution in [2.24, 2.45) is 5.92 Å². The minimum atomic E-state index is -5.08. The van der Waals surface area contributed by atoms with Crippen molar-refractivity contribution in [3.8, 4) is 0 Å². The average Bonchev–Trinajstić information content (AvgIpc) is 3.42. The van der Waals surface area contributed by atoms with Crippen LogP contribution in [0.4, 0.5) is 26.3 Å². The van der Waals surface area contributed by atoms with E-state index in [0.29, 0.717) is 5.92 Å². The number of nitrogens with zero attached hydrogens (tertiary/aromatic N) is 3. The van der Waals surface area contributed by atoms with Crippen molar-refractivity contribution in [3.63, 3.8) is 0 Å². The van der Waals surface area contributed by atoms with Crippen LogP contribution < -0.4 is 0 Å². The van der Waals surface area contributed by atoms with E-state index >= 15 is 0 Å². The number of hydrogen-bond acceptors (Lipinski definition) is 7. The Morgan fingerprint density at radius 2 is 1.61 bits per heavy atom. The van der Waals surface area contributed by atoms with E-state index in [1.54, 1.807) is 0 Å². The van der Waals surface area contributed by atoms with Crippen LogP contribution in [0.3, 0.4) is 0 Å². The summed E-state index contributed by atoms with van der Waals surface area (Å²) in [5, 5.41) is 14.2. The zero-order valence-corrected chi connectivity index (χ0v) is 20.5. The number of rotatable bonds is 4. The average molecular weight is 560 g/mol. The second-order valence-electron chi connectivity index (χ2n) is 9.26. The first-order valence-electron chi connectivity index (χ1n) is 11.9. The lowest BCUT2D eigenvalue weighted by molar-refractivity contribution is -0.193. The lowest BCUT2D eigenvalue weighted by Gasteiger charge is -2.31. The lowest BCUT2D eigenvalue weighted by Crippen LogP contribution is -2.44. The number of likely N-dealkylation sites (tertiary alicyclic amines) is 1. The molecule has 3 aliphatic rings. The first-order chi connectivity index (χ1) is 17.7. The number of halogens is 6. The van der Waals surface area contributed by atoms with Gasteiger partial charge >= 0.3 is 24.3 Å². The van der Waals surface area contributed by atoms with Gasteiger partial charge in [0.25, 0.3) is 0 Å². The van der Waals surface area contributed by atoms with Crippen LogP contribution in [-0.4, -0.2) is 107 Å². The molecule has 0 radical (unpaired) electrons. The molecule has 216 valence electrons. The van der Waals surface area contributed by atoms with Gasteiger partial charge in [-0.25, -0.2) is 9.59 Å². The number of alkyl halides is 6. The fourth-order valence-electron chi connectivity index (χ4n) is 4.44. The molecule has 3 fully saturated rings. The van der Waals surface area contributed by atoms with Crippen molar-refractivity contribution in [1.29, 1.82) is 0 Å². The summed E-state index contributed by atoms with van der Waals surface area (Å²) < 4.78 is 75.7. The fourth-order valence-corrected chi connectivity index (χ4v) is 4.44. The van der Waals surface area contributed by atoms with Crippen molar-refractivity contribution in [2.45, 2.75) is 43.8 Å². The lowest BCUT2D eigenvalue weighted by atomic mass is 9.94. The largest absolute Gasteiger partial charge is 0.490 e. The molecule has 0 amide bonds. The van der Waals surface area contributed by atoms with Gasteiger partial charge in [0.2, 0.25) is 0 Å². The third-order valence-electron chi connectivity index (χ3n) is 6.03. The first-order valence-corrected chi connectivity index (χ1v) is 11.9. The van der Waals surface area contributed by atoms with Gasteiger partial charge in [-0.15, -0.1) is 0 Å². The highest BCUT2D eigenvalue weighted by atomic mass is 19.4. The standard InChI is InChI=1S/C19H29N3O2.2C2HF3O2/c1-2-6-20-18(5-1)13-22-9-10-23-16-19(15-22)11-17(14-24-19)12-21-7-3-4-8-21;2*3-2(4,5)1(6)7/h1-2,5-6,17H,3-4,7-16H2;2*(H,6,7). The molecule has 38 heavy (non-hydrogen) atoms. The molecule has 0 aliphatic carbocycles. The zero-order chi connectivity index (χ0) is 28.4. The maximum absolute atomic E-state index is 10.6. The Bertz CT molecular complexity index is 859. The maximum atomic E-state index is 10.6. The number of pyridine rings is 1. The first kappa shape index (κ1) is 31.7. The van der Waals surface area contributed by atoms with Crippen molar-refractivity contribution >= 4 is 11.9 Å². The van der Waals surface area contributed by atoms with E-state index in [2.05, 4.69) is 26.9 Å². The molecular formula is C23H31F6N3O6. The van der Waals surface area contributed by atoms with Gasteiger partial charge in [-0.05, 0) is 50.4 Å². The summed E-state index contributed by atoms with van der Waals surface area (Å²) in [6.07, 6.45) is -4.45. The highest BCUT2D eigenvalue weighted by molar-refractivity contribution is 5.73. The molecule has 2 unspecified atom stereocenters. The molecule has 4 rings (SSSR count). The molecule has 1 aromatic rings. The van der Waals surface area contributed by atoms with Crippen LogP contribution in [-0.2, 0) is 25.6 Å². The van der Waals surface area contributed by atoms with Crippen molar-refractivity contribution < 1.29 is 55.6 Å². The molecule has 2 N–H and O–H groups in total. The van der Waals surface area contributed by atoms with E-state index < -0.39 is 24.3 Å². The number of carboxylic acid groups (broad SMARTS) is 2. The van der Waals surface area contributed by atoms with Crippen LogP contribution in [0.5, 0.6) is 0 Å². The van der Waals surface area contributed by atoms with Crippen LogP contribution in [0.15, 0.2) is 24.4 Å². The van der Waals surface area contributed by atoms with E-state index in [1.807, 2.05) is 12.3 Å². The quantitative estimate of drug-likeness (QED) is 0.538. The Morgan fingerprint density at radius 1 is 1.00 bits per heavy atom. The molecule has 9 nitrogen and oxygen atoms in total. The molecule has 15 heteroatoms. The summed E-state index contributed by atoms with van der Waals surface area (Å²) in [5.41, 5.74) is 1.01. The Kier molecular flexibility index (Phi) is 11.7. The van der Waals surface area contributed by atoms with E-state index in [1.165, 1.54) is 32.5 Å². The van der Waals surface area contributed by atoms with Crippen molar-refractivity contribution in [2.75, 3.05) is 52.5 Å². The zero-order valence-electron chi connectivity index (χ0n) is 20.5. The minimum Gasteiger partial charge on any atom is -0.475 e. The highest BCUT2D eigenvalue weighted by Crippen LogP contribution is 2.34. The van der Waals surface area contributed by atoms with Crippen LogP contribution in [0.1, 0.15) is 25.0 Å². The van der Waals surface area contributed by atoms with E-state index in [9.17, 15) is 26.3 Å². The third kappa shape index (κ3) is 11.1. The molecular weight excluding hydrogens is 528 g/mol. The maximum Gasteiger partial charge on any atom is 0.490 e. The number of carbonyl (C=O) groups is 2. The minimum absolute atomic E-state index is 0.115. The van der Waals surface area contributed by atoms with Crippen molar-refractivity contribution in [3.05, 3.63) is 30.1 Å². The van der Waals surface area contributed by atoms with Crippen LogP contribution in [0, 0.1) is 5.92 Å². The molecule has 1 spiro atoms. The Labute approximate surface area is 215 Å². The number of carboxylic acids is 2. The summed E-state index contributed by atoms with van der Waals surface area (Å²) >= 11 is 0. The summed E-state index contributed by atoms with van der Waals surface area (Å²) in [6, 6.07) is 6.13. The molecule has 0 aromatic carbocycles. The number of hydrogen-bond donors (Lipinski definition) is 2. The van der Waals surface area contributed by atoms with Crippen LogP contribution in [0.25, 0.3) is 0 Å². The molecule has 2 atom stereocenters. The van der Waals surface area contributed by atoms with Gasteiger partial charge in [0.1, 0.15) is 5.60 Å². The smallest absolute Gasteiger partial charge is 0.475 e. The second kappa shape index (κ2) is 14.1. The molecule has 0 saturated carbocycles. The van der Waals surface area contributed by atoms with Gasteiger partial charge in [0, 0.05) is 32.4 Å². The molecule has 3 aliphatic heterocycles. The third-order valence-corrected chi connectivity index (χ3v) is 6.03. The van der Waals surface area contributed by atoms with Gasteiger partial charge in [0.15, 0.2) is 0 Å². The predicted molar refractivity (Wildman–Crippen MR) is 120 cm³/mol. The number of aromatic nitrogens is 1. The van der Waals surface area contributed by atoms with Gasteiger partial charge in [0.05, 0.1) is 25.5 Å². The van der Waals surface area contributed by atoms with Gasteiger partial charge in [-0.3, -0.25) is 9.88 Å². The Morgan fingerprint density at radius 3 is 2.13 bits per heavy atom. The van der Waals surface area contributed by atoms with Gasteiger partial charge in [-0.1, -0.05) is 6.07 Å². The van der Waals surface area contributed by atoms with E-state index in [4.69, 9.17) is 29.3 Å².